The van der Waals surface area contributed by atoms with Crippen molar-refractivity contribution in [3.63, 3.8) is 0 Å². The molecule has 0 unspecified atom stereocenters. The number of imidazole rings is 1. The number of carbonyl (C=O) groups is 1. The van der Waals surface area contributed by atoms with Crippen molar-refractivity contribution < 1.29 is 4.79 Å². The molecule has 0 saturated carbocycles. The zero-order valence-electron chi connectivity index (χ0n) is 18.0. The van der Waals surface area contributed by atoms with Crippen molar-refractivity contribution in [1.29, 1.82) is 0 Å². The number of halogens is 2. The second kappa shape index (κ2) is 8.32. The van der Waals surface area contributed by atoms with Crippen LogP contribution in [0.15, 0.2) is 54.9 Å². The van der Waals surface area contributed by atoms with E-state index in [1.807, 2.05) is 60.0 Å². The molecule has 0 bridgehead atoms. The molecule has 1 fully saturated rings. The average Bonchev–Trinajstić information content (AvgIpc) is 3.20. The Labute approximate surface area is 201 Å². The van der Waals surface area contributed by atoms with Gasteiger partial charge < -0.3 is 10.6 Å². The summed E-state index contributed by atoms with van der Waals surface area (Å²) in [5.41, 5.74) is 8.12. The van der Waals surface area contributed by atoms with Crippen LogP contribution < -0.4 is 10.6 Å². The van der Waals surface area contributed by atoms with Gasteiger partial charge in [0.15, 0.2) is 17.0 Å². The maximum Gasteiger partial charge on any atom is 0.223 e. The van der Waals surface area contributed by atoms with Crippen LogP contribution >= 0.6 is 23.2 Å². The second-order valence-electron chi connectivity index (χ2n) is 8.51. The van der Waals surface area contributed by atoms with E-state index in [2.05, 4.69) is 14.9 Å². The number of benzene rings is 2. The Kier molecular flexibility index (Phi) is 5.46. The lowest BCUT2D eigenvalue weighted by Gasteiger charge is -2.37. The van der Waals surface area contributed by atoms with E-state index in [1.54, 1.807) is 6.33 Å². The number of piperidine rings is 1. The molecule has 168 valence electrons. The fraction of sp³-hybridized carbons (Fsp3) is 0.250. The summed E-state index contributed by atoms with van der Waals surface area (Å²) >= 11 is 12.7. The monoisotopic (exact) mass is 480 g/mol. The fourth-order valence-electron chi connectivity index (χ4n) is 4.23. The van der Waals surface area contributed by atoms with E-state index in [9.17, 15) is 4.79 Å². The molecule has 0 atom stereocenters. The van der Waals surface area contributed by atoms with Gasteiger partial charge in [-0.15, -0.1) is 0 Å². The summed E-state index contributed by atoms with van der Waals surface area (Å²) in [5.74, 6) is 1.13. The molecular weight excluding hydrogens is 459 g/mol. The largest absolute Gasteiger partial charge is 0.369 e. The molecule has 9 heteroatoms. The first-order chi connectivity index (χ1) is 15.9. The number of hydrogen-bond acceptors (Lipinski definition) is 5. The quantitative estimate of drug-likeness (QED) is 0.449. The van der Waals surface area contributed by atoms with Gasteiger partial charge in [0.05, 0.1) is 5.02 Å². The molecule has 1 amide bonds. The number of amides is 1. The Morgan fingerprint density at radius 3 is 2.39 bits per heavy atom. The second-order valence-corrected chi connectivity index (χ2v) is 9.35. The molecule has 3 heterocycles. The van der Waals surface area contributed by atoms with E-state index in [-0.39, 0.29) is 5.91 Å². The summed E-state index contributed by atoms with van der Waals surface area (Å²) in [5, 5.41) is 1.23. The first kappa shape index (κ1) is 21.7. The minimum Gasteiger partial charge on any atom is -0.369 e. The van der Waals surface area contributed by atoms with Crippen LogP contribution in [-0.2, 0) is 4.79 Å². The van der Waals surface area contributed by atoms with Crippen LogP contribution in [0.3, 0.4) is 0 Å². The van der Waals surface area contributed by atoms with Crippen LogP contribution in [0.5, 0.6) is 0 Å². The zero-order chi connectivity index (χ0) is 23.2. The van der Waals surface area contributed by atoms with Gasteiger partial charge in [0.25, 0.3) is 0 Å². The number of fused-ring (bicyclic) bond motifs is 1. The highest BCUT2D eigenvalue weighted by atomic mass is 35.5. The molecule has 2 aromatic carbocycles. The molecular formula is C24H22Cl2N6O. The van der Waals surface area contributed by atoms with Gasteiger partial charge in [0.2, 0.25) is 5.91 Å². The summed E-state index contributed by atoms with van der Waals surface area (Å²) in [6.45, 7) is 3.23. The first-order valence-electron chi connectivity index (χ1n) is 10.7. The molecule has 1 saturated heterocycles. The molecule has 5 rings (SSSR count). The van der Waals surface area contributed by atoms with Gasteiger partial charge in [0, 0.05) is 34.8 Å². The maximum atomic E-state index is 11.9. The van der Waals surface area contributed by atoms with Gasteiger partial charge in [0.1, 0.15) is 12.2 Å². The number of rotatable bonds is 4. The Balaban J connectivity index is 1.67. The fourth-order valence-corrected chi connectivity index (χ4v) is 4.57. The van der Waals surface area contributed by atoms with Gasteiger partial charge >= 0.3 is 0 Å². The summed E-state index contributed by atoms with van der Waals surface area (Å²) in [6, 6.07) is 15.1. The summed E-state index contributed by atoms with van der Waals surface area (Å²) < 4.78 is 1.97. The van der Waals surface area contributed by atoms with E-state index in [0.29, 0.717) is 53.0 Å². The van der Waals surface area contributed by atoms with Crippen molar-refractivity contribution in [2.75, 3.05) is 18.0 Å². The number of nitrogens with two attached hydrogens (primary N) is 1. The van der Waals surface area contributed by atoms with Crippen LogP contribution in [0.1, 0.15) is 19.8 Å². The number of anilines is 1. The van der Waals surface area contributed by atoms with E-state index in [1.165, 1.54) is 0 Å². The third-order valence-corrected chi connectivity index (χ3v) is 6.97. The van der Waals surface area contributed by atoms with E-state index in [4.69, 9.17) is 33.9 Å². The standard InChI is InChI=1S/C24H22Cl2N6O/c1-24(23(27)33)10-12-31(13-11-24)21-19-22(29-14-28-21)32(16-8-6-15(25)7-9-16)20(30-19)17-4-2-3-5-18(17)26/h2-9,14H,10-13H2,1H3,(H2,27,33). The third kappa shape index (κ3) is 3.81. The van der Waals surface area contributed by atoms with Gasteiger partial charge in [-0.05, 0) is 49.2 Å². The lowest BCUT2D eigenvalue weighted by molar-refractivity contribution is -0.127. The first-order valence-corrected chi connectivity index (χ1v) is 11.4. The highest BCUT2D eigenvalue weighted by Crippen LogP contribution is 2.37. The molecule has 0 spiro atoms. The Morgan fingerprint density at radius 2 is 1.73 bits per heavy atom. The minimum absolute atomic E-state index is 0.261. The van der Waals surface area contributed by atoms with Crippen molar-refractivity contribution in [2.45, 2.75) is 19.8 Å². The van der Waals surface area contributed by atoms with Crippen LogP contribution in [-0.4, -0.2) is 38.5 Å². The molecule has 7 nitrogen and oxygen atoms in total. The van der Waals surface area contributed by atoms with E-state index < -0.39 is 5.41 Å². The lowest BCUT2D eigenvalue weighted by atomic mass is 9.80. The van der Waals surface area contributed by atoms with Crippen molar-refractivity contribution in [1.82, 2.24) is 19.5 Å². The molecule has 0 radical (unpaired) electrons. The highest BCUT2D eigenvalue weighted by molar-refractivity contribution is 6.33. The van der Waals surface area contributed by atoms with Gasteiger partial charge in [-0.25, -0.2) is 15.0 Å². The van der Waals surface area contributed by atoms with Crippen LogP contribution in [0, 0.1) is 5.41 Å². The van der Waals surface area contributed by atoms with Gasteiger partial charge in [-0.2, -0.15) is 0 Å². The van der Waals surface area contributed by atoms with E-state index >= 15 is 0 Å². The van der Waals surface area contributed by atoms with Crippen molar-refractivity contribution in [3.8, 4) is 17.1 Å². The maximum absolute atomic E-state index is 11.9. The van der Waals surface area contributed by atoms with Gasteiger partial charge in [-0.1, -0.05) is 42.3 Å². The van der Waals surface area contributed by atoms with Crippen molar-refractivity contribution in [2.24, 2.45) is 11.1 Å². The predicted molar refractivity (Wildman–Crippen MR) is 131 cm³/mol. The Morgan fingerprint density at radius 1 is 1.03 bits per heavy atom. The topological polar surface area (TPSA) is 89.9 Å². The summed E-state index contributed by atoms with van der Waals surface area (Å²) in [6.07, 6.45) is 2.86. The average molecular weight is 481 g/mol. The Hall–Kier alpha value is -3.16. The number of hydrogen-bond donors (Lipinski definition) is 1. The van der Waals surface area contributed by atoms with Gasteiger partial charge in [-0.3, -0.25) is 9.36 Å². The molecule has 33 heavy (non-hydrogen) atoms. The Bertz CT molecular complexity index is 1340. The van der Waals surface area contributed by atoms with E-state index in [0.717, 1.165) is 17.1 Å². The van der Waals surface area contributed by atoms with Crippen molar-refractivity contribution >= 4 is 46.1 Å². The number of primary amides is 1. The molecule has 2 aromatic heterocycles. The lowest BCUT2D eigenvalue weighted by Crippen LogP contribution is -2.45. The summed E-state index contributed by atoms with van der Waals surface area (Å²) in [7, 11) is 0. The normalized spacial score (nSPS) is 15.7. The molecule has 1 aliphatic heterocycles. The smallest absolute Gasteiger partial charge is 0.223 e. The third-order valence-electron chi connectivity index (χ3n) is 6.39. The minimum atomic E-state index is -0.506. The molecule has 0 aliphatic carbocycles. The zero-order valence-corrected chi connectivity index (χ0v) is 19.5. The molecule has 2 N–H and O–H groups in total. The van der Waals surface area contributed by atoms with Crippen LogP contribution in [0.2, 0.25) is 10.0 Å². The molecule has 1 aliphatic rings. The number of carbonyl (C=O) groups excluding carboxylic acids is 1. The molecule has 4 aromatic rings. The summed E-state index contributed by atoms with van der Waals surface area (Å²) in [4.78, 5) is 28.2. The van der Waals surface area contributed by atoms with Crippen LogP contribution in [0.4, 0.5) is 5.82 Å². The predicted octanol–water partition coefficient (Wildman–Crippen LogP) is 4.88. The number of nitrogens with zero attached hydrogens (tertiary/aromatic N) is 5. The SMILES string of the molecule is CC1(C(N)=O)CCN(c2ncnc3c2nc(-c2ccccc2Cl)n3-c2ccc(Cl)cc2)CC1. The highest BCUT2D eigenvalue weighted by Gasteiger charge is 2.36. The number of aromatic nitrogens is 4. The van der Waals surface area contributed by atoms with Crippen molar-refractivity contribution in [3.05, 3.63) is 64.9 Å². The van der Waals surface area contributed by atoms with Crippen LogP contribution in [0.25, 0.3) is 28.2 Å².